The second-order valence-corrected chi connectivity index (χ2v) is 8.62. The number of amides is 2. The average Bonchev–Trinajstić information content (AvgIpc) is 3.36. The Hall–Kier alpha value is -4.33. The minimum Gasteiger partial charge on any atom is -0.334 e. The first-order chi connectivity index (χ1) is 17.4. The van der Waals surface area contributed by atoms with Crippen LogP contribution in [-0.4, -0.2) is 21.1 Å². The van der Waals surface area contributed by atoms with Gasteiger partial charge in [0.1, 0.15) is 11.6 Å². The van der Waals surface area contributed by atoms with Crippen LogP contribution in [0.3, 0.4) is 0 Å². The molecule has 0 fully saturated rings. The van der Waals surface area contributed by atoms with Gasteiger partial charge in [0.15, 0.2) is 0 Å². The van der Waals surface area contributed by atoms with Crippen molar-refractivity contribution in [2.75, 3.05) is 0 Å². The van der Waals surface area contributed by atoms with Crippen LogP contribution in [0.15, 0.2) is 83.0 Å². The Bertz CT molecular complexity index is 1430. The summed E-state index contributed by atoms with van der Waals surface area (Å²) < 4.78 is 33.1. The topological polar surface area (TPSA) is 71.3 Å². The number of nitrogens with one attached hydrogen (secondary N) is 1. The van der Waals surface area contributed by atoms with Gasteiger partial charge in [-0.15, -0.1) is 0 Å². The van der Waals surface area contributed by atoms with Crippen molar-refractivity contribution in [3.63, 3.8) is 0 Å². The Kier molecular flexibility index (Phi) is 6.33. The summed E-state index contributed by atoms with van der Waals surface area (Å²) in [6.07, 6.45) is 0.927. The molecule has 1 unspecified atom stereocenters. The molecule has 0 radical (unpaired) electrons. The normalized spacial score (nSPS) is 15.8. The van der Waals surface area contributed by atoms with Crippen LogP contribution in [0.25, 0.3) is 17.0 Å². The number of hydrogen-bond donors (Lipinski definition) is 1. The fourth-order valence-corrected chi connectivity index (χ4v) is 4.30. The van der Waals surface area contributed by atoms with E-state index in [1.807, 2.05) is 31.2 Å². The molecule has 0 bridgehead atoms. The first kappa shape index (κ1) is 23.4. The molecule has 3 aromatic carbocycles. The predicted molar refractivity (Wildman–Crippen MR) is 131 cm³/mol. The highest BCUT2D eigenvalue weighted by molar-refractivity contribution is 5.86. The summed E-state index contributed by atoms with van der Waals surface area (Å²) in [5, 5.41) is 7.04. The summed E-state index contributed by atoms with van der Waals surface area (Å²) in [6.45, 7) is 4.23. The van der Waals surface area contributed by atoms with Crippen molar-refractivity contribution < 1.29 is 18.1 Å². The van der Waals surface area contributed by atoms with E-state index in [1.54, 1.807) is 29.2 Å². The van der Waals surface area contributed by atoms with Gasteiger partial charge in [-0.25, -0.2) is 13.6 Å². The minimum atomic E-state index is -0.701. The van der Waals surface area contributed by atoms with E-state index in [0.29, 0.717) is 28.9 Å². The smallest absolute Gasteiger partial charge is 0.322 e. The van der Waals surface area contributed by atoms with Crippen LogP contribution in [0.2, 0.25) is 0 Å². The van der Waals surface area contributed by atoms with Crippen molar-refractivity contribution in [2.45, 2.75) is 32.9 Å². The highest BCUT2D eigenvalue weighted by Gasteiger charge is 2.36. The molecular formula is C28H24F2N4O2. The average molecular weight is 487 g/mol. The maximum absolute atomic E-state index is 14.1. The van der Waals surface area contributed by atoms with Gasteiger partial charge in [0.25, 0.3) is 5.89 Å². The number of rotatable bonds is 6. The molecular weight excluding hydrogens is 462 g/mol. The molecule has 182 valence electrons. The SMILES string of the molecule is CCc1ccc(CN2C(=O)NC(c3cccc(F)c3)C(c3nc(-c4ccc(F)cc4)no3)=C2C)cc1. The number of nitrogens with zero attached hydrogens (tertiary/aromatic N) is 3. The van der Waals surface area contributed by atoms with Crippen molar-refractivity contribution >= 4 is 11.6 Å². The Morgan fingerprint density at radius 3 is 2.39 bits per heavy atom. The van der Waals surface area contributed by atoms with E-state index in [4.69, 9.17) is 4.52 Å². The molecule has 0 aliphatic carbocycles. The maximum atomic E-state index is 14.1. The lowest BCUT2D eigenvalue weighted by molar-refractivity contribution is 0.203. The van der Waals surface area contributed by atoms with E-state index < -0.39 is 11.9 Å². The zero-order valence-corrected chi connectivity index (χ0v) is 19.8. The molecule has 0 saturated heterocycles. The van der Waals surface area contributed by atoms with Crippen LogP contribution < -0.4 is 5.32 Å². The van der Waals surface area contributed by atoms with Crippen LogP contribution >= 0.6 is 0 Å². The lowest BCUT2D eigenvalue weighted by Crippen LogP contribution is -2.45. The Morgan fingerprint density at radius 1 is 0.972 bits per heavy atom. The van der Waals surface area contributed by atoms with Gasteiger partial charge in [-0.1, -0.05) is 48.5 Å². The molecule has 1 aliphatic heterocycles. The molecule has 0 saturated carbocycles. The lowest BCUT2D eigenvalue weighted by atomic mass is 9.94. The molecule has 36 heavy (non-hydrogen) atoms. The summed E-state index contributed by atoms with van der Waals surface area (Å²) in [5.74, 6) is -0.325. The molecule has 5 rings (SSSR count). The predicted octanol–water partition coefficient (Wildman–Crippen LogP) is 6.27. The van der Waals surface area contributed by atoms with E-state index in [0.717, 1.165) is 12.0 Å². The molecule has 4 aromatic rings. The first-order valence-corrected chi connectivity index (χ1v) is 11.6. The monoisotopic (exact) mass is 486 g/mol. The molecule has 6 nitrogen and oxygen atoms in total. The first-order valence-electron chi connectivity index (χ1n) is 11.6. The summed E-state index contributed by atoms with van der Waals surface area (Å²) in [7, 11) is 0. The standard InChI is InChI=1S/C28H24F2N4O2/c1-3-18-7-9-19(10-8-18)16-34-17(2)24(25(31-28(34)35)21-5-4-6-23(30)15-21)27-32-26(33-36-27)20-11-13-22(29)14-12-20/h4-15,25H,3,16H2,1-2H3,(H,31,35). The summed E-state index contributed by atoms with van der Waals surface area (Å²) in [5.41, 5.74) is 4.47. The van der Waals surface area contributed by atoms with Crippen LogP contribution in [0.1, 0.15) is 42.5 Å². The number of aryl methyl sites for hydroxylation is 1. The van der Waals surface area contributed by atoms with Gasteiger partial charge < -0.3 is 9.84 Å². The van der Waals surface area contributed by atoms with Gasteiger partial charge in [-0.2, -0.15) is 4.98 Å². The number of benzene rings is 3. The summed E-state index contributed by atoms with van der Waals surface area (Å²) >= 11 is 0. The van der Waals surface area contributed by atoms with Crippen molar-refractivity contribution in [2.24, 2.45) is 0 Å². The minimum absolute atomic E-state index is 0.187. The summed E-state index contributed by atoms with van der Waals surface area (Å²) in [4.78, 5) is 19.4. The number of aromatic nitrogens is 2. The molecule has 1 atom stereocenters. The molecule has 1 aromatic heterocycles. The van der Waals surface area contributed by atoms with Crippen molar-refractivity contribution in [3.05, 3.63) is 113 Å². The zero-order chi connectivity index (χ0) is 25.2. The van der Waals surface area contributed by atoms with Crippen LogP contribution in [-0.2, 0) is 13.0 Å². The largest absolute Gasteiger partial charge is 0.334 e. The van der Waals surface area contributed by atoms with Gasteiger partial charge in [0, 0.05) is 11.3 Å². The molecule has 1 aliphatic rings. The van der Waals surface area contributed by atoms with E-state index in [-0.39, 0.29) is 23.6 Å². The quantitative estimate of drug-likeness (QED) is 0.348. The van der Waals surface area contributed by atoms with Gasteiger partial charge in [-0.3, -0.25) is 4.90 Å². The zero-order valence-electron chi connectivity index (χ0n) is 19.8. The van der Waals surface area contributed by atoms with Crippen molar-refractivity contribution in [3.8, 4) is 11.4 Å². The van der Waals surface area contributed by atoms with Gasteiger partial charge >= 0.3 is 6.03 Å². The third-order valence-electron chi connectivity index (χ3n) is 6.31. The van der Waals surface area contributed by atoms with Gasteiger partial charge in [0.2, 0.25) is 5.82 Å². The van der Waals surface area contributed by atoms with Crippen molar-refractivity contribution in [1.82, 2.24) is 20.4 Å². The Balaban J connectivity index is 1.57. The lowest BCUT2D eigenvalue weighted by Gasteiger charge is -2.35. The summed E-state index contributed by atoms with van der Waals surface area (Å²) in [6, 6.07) is 18.8. The highest BCUT2D eigenvalue weighted by Crippen LogP contribution is 2.38. The molecule has 2 heterocycles. The maximum Gasteiger partial charge on any atom is 0.322 e. The molecule has 1 N–H and O–H groups in total. The van der Waals surface area contributed by atoms with Crippen molar-refractivity contribution in [1.29, 1.82) is 0 Å². The van der Waals surface area contributed by atoms with E-state index >= 15 is 0 Å². The second-order valence-electron chi connectivity index (χ2n) is 8.62. The van der Waals surface area contributed by atoms with E-state index in [2.05, 4.69) is 22.4 Å². The fourth-order valence-electron chi connectivity index (χ4n) is 4.30. The van der Waals surface area contributed by atoms with E-state index in [9.17, 15) is 13.6 Å². The van der Waals surface area contributed by atoms with Crippen LogP contribution in [0.4, 0.5) is 13.6 Å². The number of carbonyl (C=O) groups excluding carboxylic acids is 1. The third-order valence-corrected chi connectivity index (χ3v) is 6.31. The Morgan fingerprint density at radius 2 is 1.69 bits per heavy atom. The number of halogens is 2. The van der Waals surface area contributed by atoms with E-state index in [1.165, 1.54) is 29.8 Å². The number of hydrogen-bond acceptors (Lipinski definition) is 4. The van der Waals surface area contributed by atoms with Crippen LogP contribution in [0.5, 0.6) is 0 Å². The highest BCUT2D eigenvalue weighted by atomic mass is 19.1. The number of carbonyl (C=O) groups is 1. The molecule has 8 heteroatoms. The Labute approximate surface area is 207 Å². The molecule has 2 amide bonds. The number of urea groups is 1. The third kappa shape index (κ3) is 4.62. The molecule has 0 spiro atoms. The van der Waals surface area contributed by atoms with Gasteiger partial charge in [0.05, 0.1) is 18.2 Å². The fraction of sp³-hybridized carbons (Fsp3) is 0.179. The number of allylic oxidation sites excluding steroid dienone is 1. The van der Waals surface area contributed by atoms with Crippen LogP contribution in [0, 0.1) is 11.6 Å². The second kappa shape index (κ2) is 9.73. The van der Waals surface area contributed by atoms with Gasteiger partial charge in [-0.05, 0) is 66.4 Å².